The summed E-state index contributed by atoms with van der Waals surface area (Å²) in [5, 5.41) is 4.78. The third-order valence-corrected chi connectivity index (χ3v) is 13.8. The van der Waals surface area contributed by atoms with Crippen LogP contribution in [0.25, 0.3) is 87.4 Å². The zero-order valence-electron chi connectivity index (χ0n) is 32.7. The molecule has 6 heteroatoms. The molecule has 0 unspecified atom stereocenters. The van der Waals surface area contributed by atoms with Crippen LogP contribution in [0.4, 0.5) is 17.1 Å². The Morgan fingerprint density at radius 2 is 0.951 bits per heavy atom. The van der Waals surface area contributed by atoms with Crippen LogP contribution in [0.5, 0.6) is 0 Å². The lowest BCUT2D eigenvalue weighted by atomic mass is 9.92. The van der Waals surface area contributed by atoms with Gasteiger partial charge in [-0.1, -0.05) is 163 Å². The van der Waals surface area contributed by atoms with E-state index >= 15 is 0 Å². The summed E-state index contributed by atoms with van der Waals surface area (Å²) in [5.41, 5.74) is 10.9. The highest BCUT2D eigenvalue weighted by Gasteiger charge is 2.27. The minimum absolute atomic E-state index is 0.648. The number of aromatic nitrogens is 3. The standard InChI is InChI=1S/C55H34N4S2/c1-4-16-35(17-5-1)37-20-12-23-39(34-37)59(38-21-8-3-9-22-38)45-32-33-49-50-40(45)25-13-26-42(50)52-44(28-15-31-48(52)61-49)55-57-53(36-18-6-2-7-19-36)56-54(58-55)43-27-14-30-47-51(43)41-24-10-11-29-46(41)60-47/h1-34H. The van der Waals surface area contributed by atoms with Gasteiger partial charge < -0.3 is 4.90 Å². The highest BCUT2D eigenvalue weighted by atomic mass is 32.2. The quantitative estimate of drug-likeness (QED) is 0.160. The van der Waals surface area contributed by atoms with Crippen molar-refractivity contribution < 1.29 is 0 Å². The van der Waals surface area contributed by atoms with Crippen molar-refractivity contribution in [3.63, 3.8) is 0 Å². The zero-order chi connectivity index (χ0) is 40.3. The molecule has 0 N–H and O–H groups in total. The fourth-order valence-electron chi connectivity index (χ4n) is 8.80. The van der Waals surface area contributed by atoms with Crippen LogP contribution in [0.1, 0.15) is 0 Å². The Balaban J connectivity index is 1.07. The van der Waals surface area contributed by atoms with E-state index in [0.29, 0.717) is 17.5 Å². The minimum atomic E-state index is 0.648. The SMILES string of the molecule is c1ccc(-c2cccc(N(c3ccccc3)c3ccc4c5c(cccc35)-c3c(cccc3-c3nc(-c5ccccc5)nc(-c5cccc6sc7ccccc7c56)n3)S4)c2)cc1. The van der Waals surface area contributed by atoms with E-state index in [1.807, 2.05) is 30.0 Å². The molecule has 0 amide bonds. The number of rotatable bonds is 7. The summed E-state index contributed by atoms with van der Waals surface area (Å²) in [6.07, 6.45) is 0. The van der Waals surface area contributed by atoms with Crippen molar-refractivity contribution in [1.29, 1.82) is 0 Å². The third kappa shape index (κ3) is 6.10. The second kappa shape index (κ2) is 14.7. The van der Waals surface area contributed by atoms with E-state index in [4.69, 9.17) is 15.0 Å². The highest BCUT2D eigenvalue weighted by Crippen LogP contribution is 2.53. The third-order valence-electron chi connectivity index (χ3n) is 11.5. The molecular formula is C55H34N4S2. The lowest BCUT2D eigenvalue weighted by molar-refractivity contribution is 1.07. The zero-order valence-corrected chi connectivity index (χ0v) is 34.4. The number of thiophene rings is 1. The van der Waals surface area contributed by atoms with Crippen molar-refractivity contribution >= 4 is 71.1 Å². The lowest BCUT2D eigenvalue weighted by Crippen LogP contribution is -2.11. The maximum Gasteiger partial charge on any atom is 0.164 e. The van der Waals surface area contributed by atoms with Crippen molar-refractivity contribution in [2.24, 2.45) is 0 Å². The molecule has 0 radical (unpaired) electrons. The molecule has 1 aliphatic heterocycles. The van der Waals surface area contributed by atoms with E-state index in [-0.39, 0.29) is 0 Å². The molecule has 1 aliphatic rings. The molecule has 286 valence electrons. The number of hydrogen-bond acceptors (Lipinski definition) is 6. The van der Waals surface area contributed by atoms with Gasteiger partial charge in [-0.3, -0.25) is 0 Å². The first-order valence-corrected chi connectivity index (χ1v) is 22.0. The van der Waals surface area contributed by atoms with Crippen LogP contribution in [0.2, 0.25) is 0 Å². The summed E-state index contributed by atoms with van der Waals surface area (Å²) in [6, 6.07) is 73.3. The van der Waals surface area contributed by atoms with E-state index in [0.717, 1.165) is 39.3 Å². The van der Waals surface area contributed by atoms with E-state index in [2.05, 4.69) is 193 Å². The van der Waals surface area contributed by atoms with Crippen LogP contribution in [-0.2, 0) is 0 Å². The van der Waals surface area contributed by atoms with Crippen molar-refractivity contribution in [3.8, 4) is 56.4 Å². The molecule has 4 nitrogen and oxygen atoms in total. The van der Waals surface area contributed by atoms with Gasteiger partial charge in [0.2, 0.25) is 0 Å². The van der Waals surface area contributed by atoms with E-state index in [9.17, 15) is 0 Å². The van der Waals surface area contributed by atoms with Gasteiger partial charge in [-0.25, -0.2) is 15.0 Å². The van der Waals surface area contributed by atoms with Gasteiger partial charge in [0.05, 0.1) is 5.69 Å². The molecule has 0 aliphatic carbocycles. The first-order valence-electron chi connectivity index (χ1n) is 20.4. The van der Waals surface area contributed by atoms with Crippen molar-refractivity contribution in [3.05, 3.63) is 206 Å². The Kier molecular flexibility index (Phi) is 8.58. The average Bonchev–Trinajstić information content (AvgIpc) is 3.72. The van der Waals surface area contributed by atoms with Crippen LogP contribution in [0.3, 0.4) is 0 Å². The molecule has 0 bridgehead atoms. The normalized spacial score (nSPS) is 11.9. The number of anilines is 3. The summed E-state index contributed by atoms with van der Waals surface area (Å²) in [7, 11) is 0. The largest absolute Gasteiger partial charge is 0.310 e. The maximum absolute atomic E-state index is 5.39. The first kappa shape index (κ1) is 35.6. The molecule has 9 aromatic carbocycles. The Hall–Kier alpha value is -7.38. The number of nitrogens with zero attached hydrogens (tertiary/aromatic N) is 4. The topological polar surface area (TPSA) is 41.9 Å². The van der Waals surface area contributed by atoms with Crippen LogP contribution < -0.4 is 4.90 Å². The Bertz CT molecular complexity index is 3460. The summed E-state index contributed by atoms with van der Waals surface area (Å²) in [4.78, 5) is 20.7. The summed E-state index contributed by atoms with van der Waals surface area (Å²) >= 11 is 3.62. The van der Waals surface area contributed by atoms with Gasteiger partial charge in [0.25, 0.3) is 0 Å². The van der Waals surface area contributed by atoms with Gasteiger partial charge in [-0.15, -0.1) is 11.3 Å². The molecule has 61 heavy (non-hydrogen) atoms. The maximum atomic E-state index is 5.39. The van der Waals surface area contributed by atoms with Gasteiger partial charge in [0.15, 0.2) is 17.5 Å². The molecular weight excluding hydrogens is 781 g/mol. The first-order chi connectivity index (χ1) is 30.2. The van der Waals surface area contributed by atoms with Gasteiger partial charge >= 0.3 is 0 Å². The Labute approximate surface area is 361 Å². The number of benzene rings is 9. The summed E-state index contributed by atoms with van der Waals surface area (Å²) in [5.74, 6) is 1.96. The average molecular weight is 815 g/mol. The Morgan fingerprint density at radius 3 is 1.79 bits per heavy atom. The van der Waals surface area contributed by atoms with E-state index in [1.165, 1.54) is 57.4 Å². The van der Waals surface area contributed by atoms with Crippen LogP contribution in [0, 0.1) is 0 Å². The summed E-state index contributed by atoms with van der Waals surface area (Å²) < 4.78 is 2.46. The Morgan fingerprint density at radius 1 is 0.361 bits per heavy atom. The molecule has 11 aromatic rings. The summed E-state index contributed by atoms with van der Waals surface area (Å²) in [6.45, 7) is 0. The van der Waals surface area contributed by atoms with Crippen LogP contribution in [-0.4, -0.2) is 15.0 Å². The van der Waals surface area contributed by atoms with Gasteiger partial charge in [-0.2, -0.15) is 0 Å². The number of hydrogen-bond donors (Lipinski definition) is 0. The smallest absolute Gasteiger partial charge is 0.164 e. The fourth-order valence-corrected chi connectivity index (χ4v) is 11.1. The van der Waals surface area contributed by atoms with Crippen LogP contribution in [0.15, 0.2) is 216 Å². The molecule has 2 aromatic heterocycles. The molecule has 0 fully saturated rings. The lowest BCUT2D eigenvalue weighted by Gasteiger charge is -2.29. The molecule has 3 heterocycles. The van der Waals surface area contributed by atoms with Gasteiger partial charge in [0, 0.05) is 74.4 Å². The molecule has 0 spiro atoms. The van der Waals surface area contributed by atoms with Gasteiger partial charge in [-0.05, 0) is 71.3 Å². The van der Waals surface area contributed by atoms with Crippen molar-refractivity contribution in [1.82, 2.24) is 15.0 Å². The highest BCUT2D eigenvalue weighted by molar-refractivity contribution is 7.99. The molecule has 0 saturated carbocycles. The van der Waals surface area contributed by atoms with Crippen molar-refractivity contribution in [2.45, 2.75) is 9.79 Å². The monoisotopic (exact) mass is 814 g/mol. The second-order valence-corrected chi connectivity index (χ2v) is 17.3. The predicted octanol–water partition coefficient (Wildman–Crippen LogP) is 15.7. The van der Waals surface area contributed by atoms with E-state index < -0.39 is 0 Å². The molecule has 0 saturated heterocycles. The number of para-hydroxylation sites is 1. The predicted molar refractivity (Wildman–Crippen MR) is 256 cm³/mol. The molecule has 0 atom stereocenters. The number of fused-ring (bicyclic) bond motifs is 5. The second-order valence-electron chi connectivity index (χ2n) is 15.1. The van der Waals surface area contributed by atoms with E-state index in [1.54, 1.807) is 11.3 Å². The fraction of sp³-hybridized carbons (Fsp3) is 0. The van der Waals surface area contributed by atoms with Crippen LogP contribution >= 0.6 is 23.1 Å². The van der Waals surface area contributed by atoms with Crippen molar-refractivity contribution in [2.75, 3.05) is 4.90 Å². The molecule has 12 rings (SSSR count). The van der Waals surface area contributed by atoms with Gasteiger partial charge in [0.1, 0.15) is 0 Å². The minimum Gasteiger partial charge on any atom is -0.310 e.